The van der Waals surface area contributed by atoms with E-state index in [2.05, 4.69) is 15.3 Å². The molecule has 0 atom stereocenters. The van der Waals surface area contributed by atoms with Crippen molar-refractivity contribution in [3.8, 4) is 0 Å². The molecule has 0 fully saturated rings. The summed E-state index contributed by atoms with van der Waals surface area (Å²) >= 11 is 1.70. The molecule has 0 saturated heterocycles. The van der Waals surface area contributed by atoms with Gasteiger partial charge in [0, 0.05) is 12.6 Å². The number of hydrogen-bond acceptors (Lipinski definition) is 4. The fourth-order valence-corrected chi connectivity index (χ4v) is 2.28. The number of pyridine rings is 1. The molecule has 0 bridgehead atoms. The molecule has 0 aliphatic rings. The van der Waals surface area contributed by atoms with Gasteiger partial charge in [0.25, 0.3) is 0 Å². The van der Waals surface area contributed by atoms with Crippen LogP contribution in [0.5, 0.6) is 0 Å². The summed E-state index contributed by atoms with van der Waals surface area (Å²) in [7, 11) is 1.97. The Kier molecular flexibility index (Phi) is 3.06. The minimum Gasteiger partial charge on any atom is -0.320 e. The molecule has 0 saturated carbocycles. The molecule has 0 aliphatic carbocycles. The monoisotopic (exact) mass is 207 g/mol. The highest BCUT2D eigenvalue weighted by molar-refractivity contribution is 7.18. The molecule has 2 rings (SSSR count). The maximum atomic E-state index is 4.51. The number of nitrogens with zero attached hydrogens (tertiary/aromatic N) is 2. The Labute approximate surface area is 87.2 Å². The Morgan fingerprint density at radius 1 is 1.50 bits per heavy atom. The minimum absolute atomic E-state index is 1.02. The molecular formula is C10H13N3S. The van der Waals surface area contributed by atoms with Gasteiger partial charge in [-0.15, -0.1) is 0 Å². The fourth-order valence-electron chi connectivity index (χ4n) is 1.34. The molecule has 3 nitrogen and oxygen atoms in total. The molecule has 1 N–H and O–H groups in total. The number of aromatic nitrogens is 2. The normalized spacial score (nSPS) is 10.9. The van der Waals surface area contributed by atoms with Crippen molar-refractivity contribution in [2.24, 2.45) is 0 Å². The van der Waals surface area contributed by atoms with Crippen LogP contribution in [0.25, 0.3) is 10.3 Å². The Bertz CT molecular complexity index is 377. The van der Waals surface area contributed by atoms with E-state index in [0.717, 1.165) is 29.7 Å². The molecule has 0 unspecified atom stereocenters. The van der Waals surface area contributed by atoms with Gasteiger partial charge in [-0.05, 0) is 32.1 Å². The maximum Gasteiger partial charge on any atom is 0.143 e. The zero-order valence-corrected chi connectivity index (χ0v) is 8.97. The van der Waals surface area contributed by atoms with Crippen molar-refractivity contribution in [2.75, 3.05) is 13.6 Å². The van der Waals surface area contributed by atoms with Crippen LogP contribution in [0.15, 0.2) is 18.3 Å². The molecule has 0 radical (unpaired) electrons. The molecule has 0 spiro atoms. The summed E-state index contributed by atoms with van der Waals surface area (Å²) in [6, 6.07) is 3.94. The SMILES string of the molecule is CNCCCc1nc2cccnc2s1. The van der Waals surface area contributed by atoms with Crippen molar-refractivity contribution in [3.63, 3.8) is 0 Å². The number of hydrogen-bond donors (Lipinski definition) is 1. The highest BCUT2D eigenvalue weighted by atomic mass is 32.1. The van der Waals surface area contributed by atoms with Crippen molar-refractivity contribution in [1.82, 2.24) is 15.3 Å². The van der Waals surface area contributed by atoms with Crippen LogP contribution in [-0.2, 0) is 6.42 Å². The van der Waals surface area contributed by atoms with E-state index < -0.39 is 0 Å². The topological polar surface area (TPSA) is 37.8 Å². The van der Waals surface area contributed by atoms with Gasteiger partial charge in [0.05, 0.1) is 5.01 Å². The lowest BCUT2D eigenvalue weighted by Gasteiger charge is -1.94. The average molecular weight is 207 g/mol. The van der Waals surface area contributed by atoms with Crippen LogP contribution in [0.1, 0.15) is 11.4 Å². The van der Waals surface area contributed by atoms with Crippen molar-refractivity contribution >= 4 is 21.7 Å². The first-order valence-corrected chi connectivity index (χ1v) is 5.57. The van der Waals surface area contributed by atoms with Crippen LogP contribution in [-0.4, -0.2) is 23.6 Å². The lowest BCUT2D eigenvalue weighted by molar-refractivity contribution is 0.723. The second-order valence-corrected chi connectivity index (χ2v) is 4.20. The van der Waals surface area contributed by atoms with E-state index in [1.807, 2.05) is 25.4 Å². The molecular weight excluding hydrogens is 194 g/mol. The summed E-state index contributed by atoms with van der Waals surface area (Å²) in [6.45, 7) is 1.04. The van der Waals surface area contributed by atoms with Gasteiger partial charge < -0.3 is 5.32 Å². The summed E-state index contributed by atoms with van der Waals surface area (Å²) in [4.78, 5) is 9.83. The summed E-state index contributed by atoms with van der Waals surface area (Å²) < 4.78 is 0. The Morgan fingerprint density at radius 3 is 3.21 bits per heavy atom. The van der Waals surface area contributed by atoms with Gasteiger partial charge in [0.2, 0.25) is 0 Å². The van der Waals surface area contributed by atoms with Crippen LogP contribution in [0.2, 0.25) is 0 Å². The molecule has 4 heteroatoms. The van der Waals surface area contributed by atoms with Gasteiger partial charge in [-0.3, -0.25) is 0 Å². The van der Waals surface area contributed by atoms with Gasteiger partial charge in [-0.2, -0.15) is 0 Å². The van der Waals surface area contributed by atoms with Crippen LogP contribution < -0.4 is 5.32 Å². The van der Waals surface area contributed by atoms with E-state index in [1.165, 1.54) is 5.01 Å². The smallest absolute Gasteiger partial charge is 0.143 e. The van der Waals surface area contributed by atoms with Crippen molar-refractivity contribution in [3.05, 3.63) is 23.3 Å². The standard InChI is InChI=1S/C10H13N3S/c1-11-6-3-5-9-13-8-4-2-7-12-10(8)14-9/h2,4,7,11H,3,5-6H2,1H3. The first kappa shape index (κ1) is 9.55. The third-order valence-electron chi connectivity index (χ3n) is 2.03. The number of nitrogens with one attached hydrogen (secondary N) is 1. The highest BCUT2D eigenvalue weighted by Crippen LogP contribution is 2.19. The number of rotatable bonds is 4. The average Bonchev–Trinajstić information content (AvgIpc) is 2.60. The Morgan fingerprint density at radius 2 is 2.43 bits per heavy atom. The van der Waals surface area contributed by atoms with Crippen molar-refractivity contribution < 1.29 is 0 Å². The highest BCUT2D eigenvalue weighted by Gasteiger charge is 2.02. The molecule has 0 aromatic carbocycles. The zero-order chi connectivity index (χ0) is 9.80. The van der Waals surface area contributed by atoms with E-state index in [1.54, 1.807) is 11.3 Å². The lowest BCUT2D eigenvalue weighted by Crippen LogP contribution is -2.08. The van der Waals surface area contributed by atoms with Crippen molar-refractivity contribution in [2.45, 2.75) is 12.8 Å². The Balaban J connectivity index is 2.11. The third kappa shape index (κ3) is 2.08. The molecule has 0 amide bonds. The van der Waals surface area contributed by atoms with Gasteiger partial charge in [-0.25, -0.2) is 9.97 Å². The van der Waals surface area contributed by atoms with Crippen LogP contribution in [0, 0.1) is 0 Å². The summed E-state index contributed by atoms with van der Waals surface area (Å²) in [6.07, 6.45) is 4.00. The summed E-state index contributed by atoms with van der Waals surface area (Å²) in [5.41, 5.74) is 1.02. The zero-order valence-electron chi connectivity index (χ0n) is 8.16. The van der Waals surface area contributed by atoms with E-state index >= 15 is 0 Å². The number of aryl methyl sites for hydroxylation is 1. The molecule has 2 heterocycles. The summed E-state index contributed by atoms with van der Waals surface area (Å²) in [5.74, 6) is 0. The first-order valence-electron chi connectivity index (χ1n) is 4.75. The van der Waals surface area contributed by atoms with Crippen molar-refractivity contribution in [1.29, 1.82) is 0 Å². The van der Waals surface area contributed by atoms with E-state index in [9.17, 15) is 0 Å². The first-order chi connectivity index (χ1) is 6.90. The molecule has 74 valence electrons. The predicted octanol–water partition coefficient (Wildman–Crippen LogP) is 1.84. The van der Waals surface area contributed by atoms with Crippen LogP contribution >= 0.6 is 11.3 Å². The molecule has 2 aromatic heterocycles. The number of thiazole rings is 1. The Hall–Kier alpha value is -1.00. The lowest BCUT2D eigenvalue weighted by atomic mass is 10.3. The van der Waals surface area contributed by atoms with E-state index in [4.69, 9.17) is 0 Å². The van der Waals surface area contributed by atoms with E-state index in [0.29, 0.717) is 0 Å². The second kappa shape index (κ2) is 4.48. The molecule has 14 heavy (non-hydrogen) atoms. The molecule has 0 aliphatic heterocycles. The predicted molar refractivity (Wildman–Crippen MR) is 59.7 cm³/mol. The van der Waals surface area contributed by atoms with E-state index in [-0.39, 0.29) is 0 Å². The summed E-state index contributed by atoms with van der Waals surface area (Å²) in [5, 5.41) is 4.32. The van der Waals surface area contributed by atoms with Crippen LogP contribution in [0.3, 0.4) is 0 Å². The van der Waals surface area contributed by atoms with Gasteiger partial charge in [-0.1, -0.05) is 11.3 Å². The largest absolute Gasteiger partial charge is 0.320 e. The number of fused-ring (bicyclic) bond motifs is 1. The fraction of sp³-hybridized carbons (Fsp3) is 0.400. The van der Waals surface area contributed by atoms with Crippen LogP contribution in [0.4, 0.5) is 0 Å². The maximum absolute atomic E-state index is 4.51. The van der Waals surface area contributed by atoms with Gasteiger partial charge in [0.15, 0.2) is 0 Å². The quantitative estimate of drug-likeness (QED) is 0.777. The second-order valence-electron chi connectivity index (χ2n) is 3.14. The molecule has 2 aromatic rings. The third-order valence-corrected chi connectivity index (χ3v) is 3.07. The minimum atomic E-state index is 1.02. The van der Waals surface area contributed by atoms with Gasteiger partial charge >= 0.3 is 0 Å². The van der Waals surface area contributed by atoms with Gasteiger partial charge in [0.1, 0.15) is 10.3 Å².